The van der Waals surface area contributed by atoms with Crippen molar-refractivity contribution in [2.75, 3.05) is 24.1 Å². The summed E-state index contributed by atoms with van der Waals surface area (Å²) in [5.74, 6) is -0.0623. The van der Waals surface area contributed by atoms with Crippen molar-refractivity contribution in [2.45, 2.75) is 39.7 Å². The van der Waals surface area contributed by atoms with Crippen LogP contribution in [0.4, 0.5) is 16.2 Å². The summed E-state index contributed by atoms with van der Waals surface area (Å²) in [7, 11) is 0. The summed E-state index contributed by atoms with van der Waals surface area (Å²) >= 11 is 0. The summed E-state index contributed by atoms with van der Waals surface area (Å²) in [5.41, 5.74) is 7.07. The smallest absolute Gasteiger partial charge is 0.407 e. The number of hydrogen-bond acceptors (Lipinski definition) is 5. The van der Waals surface area contributed by atoms with E-state index in [1.165, 1.54) is 6.92 Å². The molecule has 0 bridgehead atoms. The number of anilines is 2. The van der Waals surface area contributed by atoms with E-state index in [1.807, 2.05) is 26.8 Å². The topological polar surface area (TPSA) is 93.5 Å². The van der Waals surface area contributed by atoms with Crippen molar-refractivity contribution in [3.05, 3.63) is 23.8 Å². The number of Topliss-reactive ketones (excluding diaryl/α,β-unsaturated/α-hetero) is 1. The molecular weight excluding hydrogens is 282 g/mol. The maximum Gasteiger partial charge on any atom is 0.407 e. The lowest BCUT2D eigenvalue weighted by atomic mass is 10.1. The molecule has 0 radical (unpaired) electrons. The van der Waals surface area contributed by atoms with Gasteiger partial charge in [-0.05, 0) is 52.3 Å². The van der Waals surface area contributed by atoms with Gasteiger partial charge in [0.2, 0.25) is 0 Å². The first-order chi connectivity index (χ1) is 10.2. The number of benzene rings is 1. The maximum atomic E-state index is 11.4. The Morgan fingerprint density at radius 1 is 1.23 bits per heavy atom. The fraction of sp³-hybridized carbons (Fsp3) is 0.500. The molecule has 6 heteroatoms. The van der Waals surface area contributed by atoms with Crippen molar-refractivity contribution in [2.24, 2.45) is 0 Å². The number of amides is 1. The van der Waals surface area contributed by atoms with E-state index in [1.54, 1.807) is 12.1 Å². The number of ketones is 1. The molecule has 0 fully saturated rings. The fourth-order valence-corrected chi connectivity index (χ4v) is 1.80. The van der Waals surface area contributed by atoms with Crippen LogP contribution < -0.4 is 16.4 Å². The molecule has 0 aromatic heterocycles. The number of alkyl carbamates (subject to hydrolysis) is 1. The third-order valence-corrected chi connectivity index (χ3v) is 2.78. The molecule has 0 atom stereocenters. The fourth-order valence-electron chi connectivity index (χ4n) is 1.80. The molecule has 0 saturated heterocycles. The first-order valence-corrected chi connectivity index (χ1v) is 7.30. The van der Waals surface area contributed by atoms with Gasteiger partial charge in [0.15, 0.2) is 5.78 Å². The van der Waals surface area contributed by atoms with Crippen molar-refractivity contribution in [3.8, 4) is 0 Å². The molecule has 0 unspecified atom stereocenters. The molecule has 22 heavy (non-hydrogen) atoms. The predicted octanol–water partition coefficient (Wildman–Crippen LogP) is 2.80. The highest BCUT2D eigenvalue weighted by Gasteiger charge is 2.15. The Labute approximate surface area is 131 Å². The molecule has 1 rings (SSSR count). The van der Waals surface area contributed by atoms with Gasteiger partial charge in [-0.2, -0.15) is 0 Å². The number of nitrogens with one attached hydrogen (secondary N) is 2. The van der Waals surface area contributed by atoms with E-state index in [4.69, 9.17) is 10.5 Å². The van der Waals surface area contributed by atoms with Gasteiger partial charge < -0.3 is 21.1 Å². The Bertz CT molecular complexity index is 536. The second-order valence-corrected chi connectivity index (χ2v) is 6.07. The van der Waals surface area contributed by atoms with Gasteiger partial charge in [-0.15, -0.1) is 0 Å². The summed E-state index contributed by atoms with van der Waals surface area (Å²) in [6, 6.07) is 5.26. The average Bonchev–Trinajstić information content (AvgIpc) is 2.37. The number of carbonyl (C=O) groups excluding carboxylic acids is 2. The SMILES string of the molecule is CC(=O)c1cc(NCCCNC(=O)OC(C)(C)C)ccc1N. The zero-order chi connectivity index (χ0) is 16.8. The van der Waals surface area contributed by atoms with Crippen LogP contribution in [-0.2, 0) is 4.74 Å². The summed E-state index contributed by atoms with van der Waals surface area (Å²) < 4.78 is 5.14. The van der Waals surface area contributed by atoms with Gasteiger partial charge >= 0.3 is 6.09 Å². The zero-order valence-electron chi connectivity index (χ0n) is 13.7. The van der Waals surface area contributed by atoms with E-state index >= 15 is 0 Å². The van der Waals surface area contributed by atoms with Crippen LogP contribution in [0.1, 0.15) is 44.5 Å². The first kappa shape index (κ1) is 17.8. The highest BCUT2D eigenvalue weighted by Crippen LogP contribution is 2.18. The highest BCUT2D eigenvalue weighted by molar-refractivity contribution is 6.00. The quantitative estimate of drug-likeness (QED) is 0.427. The molecule has 1 aromatic rings. The Morgan fingerprint density at radius 2 is 1.91 bits per heavy atom. The summed E-state index contributed by atoms with van der Waals surface area (Å²) in [5, 5.41) is 5.88. The van der Waals surface area contributed by atoms with E-state index in [0.29, 0.717) is 24.3 Å². The zero-order valence-corrected chi connectivity index (χ0v) is 13.7. The molecule has 0 heterocycles. The number of carbonyl (C=O) groups is 2. The molecule has 0 spiro atoms. The summed E-state index contributed by atoms with van der Waals surface area (Å²) in [4.78, 5) is 22.9. The minimum atomic E-state index is -0.491. The van der Waals surface area contributed by atoms with E-state index in [9.17, 15) is 9.59 Å². The first-order valence-electron chi connectivity index (χ1n) is 7.30. The second-order valence-electron chi connectivity index (χ2n) is 6.07. The molecule has 4 N–H and O–H groups in total. The number of rotatable bonds is 6. The molecule has 0 aliphatic rings. The van der Waals surface area contributed by atoms with Crippen LogP contribution in [0, 0.1) is 0 Å². The van der Waals surface area contributed by atoms with Crippen LogP contribution >= 0.6 is 0 Å². The third-order valence-electron chi connectivity index (χ3n) is 2.78. The molecule has 0 saturated carbocycles. The molecular formula is C16H25N3O3. The van der Waals surface area contributed by atoms with Gasteiger partial charge in [0.05, 0.1) is 0 Å². The molecule has 122 valence electrons. The molecule has 1 amide bonds. The Kier molecular flexibility index (Phi) is 6.22. The summed E-state index contributed by atoms with van der Waals surface area (Å²) in [6.07, 6.45) is 0.317. The van der Waals surface area contributed by atoms with Crippen LogP contribution in [-0.4, -0.2) is 30.6 Å². The monoisotopic (exact) mass is 307 g/mol. The predicted molar refractivity (Wildman–Crippen MR) is 88.2 cm³/mol. The van der Waals surface area contributed by atoms with Gasteiger partial charge in [-0.1, -0.05) is 0 Å². The largest absolute Gasteiger partial charge is 0.444 e. The summed E-state index contributed by atoms with van der Waals surface area (Å²) in [6.45, 7) is 8.12. The standard InChI is InChI=1S/C16H25N3O3/c1-11(20)13-10-12(6-7-14(13)17)18-8-5-9-19-15(21)22-16(2,3)4/h6-7,10,18H,5,8-9,17H2,1-4H3,(H,19,21). The van der Waals surface area contributed by atoms with Gasteiger partial charge in [0.25, 0.3) is 0 Å². The molecule has 1 aromatic carbocycles. The lowest BCUT2D eigenvalue weighted by Gasteiger charge is -2.19. The van der Waals surface area contributed by atoms with E-state index in [2.05, 4.69) is 10.6 Å². The van der Waals surface area contributed by atoms with Crippen LogP contribution in [0.3, 0.4) is 0 Å². The van der Waals surface area contributed by atoms with Gasteiger partial charge in [-0.25, -0.2) is 4.79 Å². The minimum absolute atomic E-state index is 0.0623. The second kappa shape index (κ2) is 7.68. The third kappa shape index (κ3) is 6.47. The number of hydrogen-bond donors (Lipinski definition) is 3. The van der Waals surface area contributed by atoms with Gasteiger partial charge in [-0.3, -0.25) is 4.79 Å². The van der Waals surface area contributed by atoms with Crippen molar-refractivity contribution < 1.29 is 14.3 Å². The molecule has 6 nitrogen and oxygen atoms in total. The van der Waals surface area contributed by atoms with Gasteiger partial charge in [0.1, 0.15) is 5.60 Å². The van der Waals surface area contributed by atoms with Gasteiger partial charge in [0, 0.05) is 30.0 Å². The maximum absolute atomic E-state index is 11.4. The van der Waals surface area contributed by atoms with Crippen LogP contribution in [0.25, 0.3) is 0 Å². The Balaban J connectivity index is 2.32. The van der Waals surface area contributed by atoms with Crippen LogP contribution in [0.5, 0.6) is 0 Å². The van der Waals surface area contributed by atoms with Crippen molar-refractivity contribution in [1.29, 1.82) is 0 Å². The van der Waals surface area contributed by atoms with Crippen LogP contribution in [0.15, 0.2) is 18.2 Å². The highest BCUT2D eigenvalue weighted by atomic mass is 16.6. The van der Waals surface area contributed by atoms with Crippen LogP contribution in [0.2, 0.25) is 0 Å². The van der Waals surface area contributed by atoms with Crippen molar-refractivity contribution in [3.63, 3.8) is 0 Å². The normalized spacial score (nSPS) is 10.9. The lowest BCUT2D eigenvalue weighted by molar-refractivity contribution is 0.0527. The lowest BCUT2D eigenvalue weighted by Crippen LogP contribution is -2.33. The van der Waals surface area contributed by atoms with E-state index in [0.717, 1.165) is 12.1 Å². The minimum Gasteiger partial charge on any atom is -0.444 e. The van der Waals surface area contributed by atoms with E-state index < -0.39 is 11.7 Å². The average molecular weight is 307 g/mol. The van der Waals surface area contributed by atoms with Crippen molar-refractivity contribution >= 4 is 23.3 Å². The number of nitrogens with two attached hydrogens (primary N) is 1. The Hall–Kier alpha value is -2.24. The molecule has 0 aliphatic carbocycles. The van der Waals surface area contributed by atoms with E-state index in [-0.39, 0.29) is 5.78 Å². The number of nitrogen functional groups attached to an aromatic ring is 1. The number of ether oxygens (including phenoxy) is 1. The Morgan fingerprint density at radius 3 is 2.50 bits per heavy atom. The van der Waals surface area contributed by atoms with Crippen molar-refractivity contribution in [1.82, 2.24) is 5.32 Å². The molecule has 0 aliphatic heterocycles.